The van der Waals surface area contributed by atoms with Gasteiger partial charge in [-0.25, -0.2) is 0 Å². The van der Waals surface area contributed by atoms with E-state index in [0.717, 1.165) is 49.3 Å². The molecule has 1 aliphatic heterocycles. The maximum atomic E-state index is 5.36. The number of ether oxygens (including phenoxy) is 1. The number of nitrogens with zero attached hydrogens (tertiary/aromatic N) is 3. The predicted octanol–water partition coefficient (Wildman–Crippen LogP) is 2.94. The SMILES string of the molecule is c1ccc(CCCCc2nnc(N3CCOCC3)s2)cc1. The van der Waals surface area contributed by atoms with Gasteiger partial charge in [0.2, 0.25) is 5.13 Å². The van der Waals surface area contributed by atoms with Crippen molar-refractivity contribution in [2.45, 2.75) is 25.7 Å². The van der Waals surface area contributed by atoms with Crippen molar-refractivity contribution >= 4 is 16.5 Å². The molecule has 2 heterocycles. The van der Waals surface area contributed by atoms with Crippen LogP contribution < -0.4 is 4.90 Å². The molecule has 0 amide bonds. The number of anilines is 1. The molecule has 5 heteroatoms. The first-order chi connectivity index (χ1) is 10.4. The van der Waals surface area contributed by atoms with Gasteiger partial charge in [0, 0.05) is 19.5 Å². The summed E-state index contributed by atoms with van der Waals surface area (Å²) in [5.74, 6) is 0. The van der Waals surface area contributed by atoms with Crippen LogP contribution in [0.25, 0.3) is 0 Å². The highest BCUT2D eigenvalue weighted by atomic mass is 32.1. The molecule has 0 radical (unpaired) electrons. The molecule has 1 aliphatic rings. The van der Waals surface area contributed by atoms with E-state index in [-0.39, 0.29) is 0 Å². The molecule has 0 spiro atoms. The third-order valence-corrected chi connectivity index (χ3v) is 4.73. The molecule has 1 saturated heterocycles. The van der Waals surface area contributed by atoms with Gasteiger partial charge < -0.3 is 9.64 Å². The summed E-state index contributed by atoms with van der Waals surface area (Å²) < 4.78 is 5.36. The average Bonchev–Trinajstić information content (AvgIpc) is 3.02. The van der Waals surface area contributed by atoms with Gasteiger partial charge in [-0.2, -0.15) is 0 Å². The van der Waals surface area contributed by atoms with E-state index in [4.69, 9.17) is 4.74 Å². The van der Waals surface area contributed by atoms with Gasteiger partial charge in [-0.3, -0.25) is 0 Å². The van der Waals surface area contributed by atoms with Crippen molar-refractivity contribution in [2.24, 2.45) is 0 Å². The summed E-state index contributed by atoms with van der Waals surface area (Å²) in [7, 11) is 0. The lowest BCUT2D eigenvalue weighted by Crippen LogP contribution is -2.36. The van der Waals surface area contributed by atoms with Crippen LogP contribution in [-0.2, 0) is 17.6 Å². The minimum absolute atomic E-state index is 0.798. The highest BCUT2D eigenvalue weighted by Crippen LogP contribution is 2.22. The third kappa shape index (κ3) is 4.25. The van der Waals surface area contributed by atoms with Gasteiger partial charge in [-0.05, 0) is 24.8 Å². The van der Waals surface area contributed by atoms with Crippen LogP contribution >= 0.6 is 11.3 Å². The van der Waals surface area contributed by atoms with E-state index < -0.39 is 0 Å². The zero-order valence-corrected chi connectivity index (χ0v) is 13.0. The highest BCUT2D eigenvalue weighted by Gasteiger charge is 2.15. The Hall–Kier alpha value is -1.46. The van der Waals surface area contributed by atoms with E-state index in [2.05, 4.69) is 45.4 Å². The number of hydrogen-bond acceptors (Lipinski definition) is 5. The second-order valence-electron chi connectivity index (χ2n) is 5.27. The number of morpholine rings is 1. The molecule has 112 valence electrons. The van der Waals surface area contributed by atoms with Crippen LogP contribution in [0.3, 0.4) is 0 Å². The minimum atomic E-state index is 0.798. The predicted molar refractivity (Wildman–Crippen MR) is 86.0 cm³/mol. The topological polar surface area (TPSA) is 38.2 Å². The van der Waals surface area contributed by atoms with Gasteiger partial charge >= 0.3 is 0 Å². The van der Waals surface area contributed by atoms with Crippen molar-refractivity contribution in [1.29, 1.82) is 0 Å². The van der Waals surface area contributed by atoms with Gasteiger partial charge in [-0.15, -0.1) is 10.2 Å². The fraction of sp³-hybridized carbons (Fsp3) is 0.500. The molecule has 0 bridgehead atoms. The molecule has 0 aliphatic carbocycles. The van der Waals surface area contributed by atoms with E-state index in [1.807, 2.05) is 0 Å². The van der Waals surface area contributed by atoms with Crippen LogP contribution in [0.1, 0.15) is 23.4 Å². The minimum Gasteiger partial charge on any atom is -0.378 e. The Morgan fingerprint density at radius 2 is 1.76 bits per heavy atom. The van der Waals surface area contributed by atoms with Crippen LogP contribution in [0.2, 0.25) is 0 Å². The average molecular weight is 303 g/mol. The first-order valence-electron chi connectivity index (χ1n) is 7.61. The second kappa shape index (κ2) is 7.52. The van der Waals surface area contributed by atoms with Crippen molar-refractivity contribution in [3.05, 3.63) is 40.9 Å². The van der Waals surface area contributed by atoms with Crippen LogP contribution in [0.5, 0.6) is 0 Å². The molecule has 2 aromatic rings. The zero-order valence-electron chi connectivity index (χ0n) is 12.2. The number of benzene rings is 1. The summed E-state index contributed by atoms with van der Waals surface area (Å²) in [6.07, 6.45) is 4.56. The Bertz CT molecular complexity index is 537. The summed E-state index contributed by atoms with van der Waals surface area (Å²) in [4.78, 5) is 2.27. The van der Waals surface area contributed by atoms with Gasteiger partial charge in [0.25, 0.3) is 0 Å². The van der Waals surface area contributed by atoms with Gasteiger partial charge in [0.15, 0.2) is 0 Å². The quantitative estimate of drug-likeness (QED) is 0.769. The van der Waals surface area contributed by atoms with Crippen LogP contribution in [0.15, 0.2) is 30.3 Å². The zero-order chi connectivity index (χ0) is 14.3. The number of rotatable bonds is 6. The van der Waals surface area contributed by atoms with Crippen molar-refractivity contribution < 1.29 is 4.74 Å². The Labute approximate surface area is 129 Å². The lowest BCUT2D eigenvalue weighted by Gasteiger charge is -2.25. The third-order valence-electron chi connectivity index (χ3n) is 3.69. The monoisotopic (exact) mass is 303 g/mol. The van der Waals surface area contributed by atoms with E-state index in [1.54, 1.807) is 11.3 Å². The van der Waals surface area contributed by atoms with Crippen LogP contribution in [0, 0.1) is 0 Å². The van der Waals surface area contributed by atoms with Crippen molar-refractivity contribution in [2.75, 3.05) is 31.2 Å². The van der Waals surface area contributed by atoms with Gasteiger partial charge in [0.05, 0.1) is 13.2 Å². The first kappa shape index (κ1) is 14.5. The highest BCUT2D eigenvalue weighted by molar-refractivity contribution is 7.15. The number of unbranched alkanes of at least 4 members (excludes halogenated alkanes) is 1. The van der Waals surface area contributed by atoms with E-state index in [1.165, 1.54) is 18.4 Å². The Morgan fingerprint density at radius 3 is 2.57 bits per heavy atom. The molecule has 1 aromatic carbocycles. The molecule has 3 rings (SSSR count). The lowest BCUT2D eigenvalue weighted by molar-refractivity contribution is 0.122. The standard InChI is InChI=1S/C16H21N3OS/c1-2-6-14(7-3-1)8-4-5-9-15-17-18-16(21-15)19-10-12-20-13-11-19/h1-3,6-7H,4-5,8-13H2. The Kier molecular flexibility index (Phi) is 5.18. The number of hydrogen-bond donors (Lipinski definition) is 0. The van der Waals surface area contributed by atoms with E-state index >= 15 is 0 Å². The molecule has 1 fully saturated rings. The van der Waals surface area contributed by atoms with Crippen LogP contribution in [0.4, 0.5) is 5.13 Å². The maximum absolute atomic E-state index is 5.36. The van der Waals surface area contributed by atoms with Crippen molar-refractivity contribution in [3.8, 4) is 0 Å². The Balaban J connectivity index is 1.42. The maximum Gasteiger partial charge on any atom is 0.208 e. The number of aryl methyl sites for hydroxylation is 2. The van der Waals surface area contributed by atoms with E-state index in [9.17, 15) is 0 Å². The van der Waals surface area contributed by atoms with Gasteiger partial charge in [-0.1, -0.05) is 41.7 Å². The summed E-state index contributed by atoms with van der Waals surface area (Å²) in [6.45, 7) is 3.46. The first-order valence-corrected chi connectivity index (χ1v) is 8.42. The molecule has 4 nitrogen and oxygen atoms in total. The summed E-state index contributed by atoms with van der Waals surface area (Å²) in [6, 6.07) is 10.7. The molecule has 21 heavy (non-hydrogen) atoms. The lowest BCUT2D eigenvalue weighted by atomic mass is 10.1. The normalized spacial score (nSPS) is 15.3. The molecule has 0 unspecified atom stereocenters. The molecular formula is C16H21N3OS. The van der Waals surface area contributed by atoms with Crippen LogP contribution in [-0.4, -0.2) is 36.5 Å². The Morgan fingerprint density at radius 1 is 1.00 bits per heavy atom. The van der Waals surface area contributed by atoms with Gasteiger partial charge in [0.1, 0.15) is 5.01 Å². The summed E-state index contributed by atoms with van der Waals surface area (Å²) >= 11 is 1.73. The molecule has 0 saturated carbocycles. The largest absolute Gasteiger partial charge is 0.378 e. The smallest absolute Gasteiger partial charge is 0.208 e. The number of aromatic nitrogens is 2. The van der Waals surface area contributed by atoms with E-state index in [0.29, 0.717) is 0 Å². The van der Waals surface area contributed by atoms with Crippen molar-refractivity contribution in [1.82, 2.24) is 10.2 Å². The molecule has 1 aromatic heterocycles. The second-order valence-corrected chi connectivity index (χ2v) is 6.31. The summed E-state index contributed by atoms with van der Waals surface area (Å²) in [5, 5.41) is 10.8. The summed E-state index contributed by atoms with van der Waals surface area (Å²) in [5.41, 5.74) is 1.42. The molecule has 0 N–H and O–H groups in total. The fourth-order valence-corrected chi connectivity index (χ4v) is 3.41. The molecule has 0 atom stereocenters. The molecular weight excluding hydrogens is 282 g/mol. The van der Waals surface area contributed by atoms with Crippen molar-refractivity contribution in [3.63, 3.8) is 0 Å². The fourth-order valence-electron chi connectivity index (χ4n) is 2.48.